The second-order valence-corrected chi connectivity index (χ2v) is 18.9. The van der Waals surface area contributed by atoms with E-state index in [2.05, 4.69) is 117 Å². The first-order valence-corrected chi connectivity index (χ1v) is 26.6. The molecular weight excluding hydrogens is 834 g/mol. The lowest BCUT2D eigenvalue weighted by molar-refractivity contribution is -0.870. The number of hydrogen-bond acceptors (Lipinski definition) is 7. The SMILES string of the molecule is CC/C=C\C/C=C\C/C=C\C/C=C\C/C=C\C/C=C\C/C=C\C/C=C\C/C=C\CCCC(=O)OC(COC(=O)CCCCCCCCCCCCCC)COP(=O)(O)OCC[N+](C)(C)C. The average Bonchev–Trinajstić information content (AvgIpc) is 3.26. The van der Waals surface area contributed by atoms with Gasteiger partial charge in [-0.2, -0.15) is 0 Å². The number of carbonyl (C=O) groups is 2. The Morgan fingerprint density at radius 1 is 0.492 bits per heavy atom. The first-order valence-electron chi connectivity index (χ1n) is 25.1. The molecule has 0 aromatic rings. The summed E-state index contributed by atoms with van der Waals surface area (Å²) in [5.41, 5.74) is 0. The Balaban J connectivity index is 4.37. The van der Waals surface area contributed by atoms with Gasteiger partial charge in [-0.1, -0.05) is 194 Å². The summed E-state index contributed by atoms with van der Waals surface area (Å²) in [5.74, 6) is -0.876. The van der Waals surface area contributed by atoms with E-state index in [1.165, 1.54) is 57.8 Å². The van der Waals surface area contributed by atoms with E-state index in [0.717, 1.165) is 77.0 Å². The number of esters is 2. The zero-order valence-electron chi connectivity index (χ0n) is 41.7. The van der Waals surface area contributed by atoms with Crippen LogP contribution in [0.1, 0.15) is 174 Å². The minimum atomic E-state index is -4.40. The molecule has 65 heavy (non-hydrogen) atoms. The normalized spacial score (nSPS) is 14.4. The van der Waals surface area contributed by atoms with Gasteiger partial charge in [-0.3, -0.25) is 18.6 Å². The van der Waals surface area contributed by atoms with Gasteiger partial charge in [-0.25, -0.2) is 4.57 Å². The van der Waals surface area contributed by atoms with Crippen molar-refractivity contribution in [2.24, 2.45) is 0 Å². The molecule has 2 unspecified atom stereocenters. The minimum Gasteiger partial charge on any atom is -0.462 e. The highest BCUT2D eigenvalue weighted by molar-refractivity contribution is 7.47. The van der Waals surface area contributed by atoms with Crippen LogP contribution < -0.4 is 0 Å². The lowest BCUT2D eigenvalue weighted by Gasteiger charge is -2.24. The van der Waals surface area contributed by atoms with Crippen molar-refractivity contribution in [2.45, 2.75) is 180 Å². The Kier molecular flexibility index (Phi) is 43.5. The summed E-state index contributed by atoms with van der Waals surface area (Å²) in [7, 11) is 1.42. The van der Waals surface area contributed by atoms with E-state index in [-0.39, 0.29) is 32.0 Å². The van der Waals surface area contributed by atoms with Crippen molar-refractivity contribution < 1.29 is 42.1 Å². The topological polar surface area (TPSA) is 108 Å². The molecule has 0 bridgehead atoms. The van der Waals surface area contributed by atoms with E-state index < -0.39 is 26.5 Å². The number of allylic oxidation sites excluding steroid dienone is 18. The Hall–Kier alpha value is -3.33. The fourth-order valence-electron chi connectivity index (χ4n) is 6.19. The molecule has 0 amide bonds. The highest BCUT2D eigenvalue weighted by Gasteiger charge is 2.27. The Morgan fingerprint density at radius 3 is 1.29 bits per heavy atom. The molecule has 0 radical (unpaired) electrons. The van der Waals surface area contributed by atoms with E-state index in [1.54, 1.807) is 0 Å². The van der Waals surface area contributed by atoms with Crippen molar-refractivity contribution in [2.75, 3.05) is 47.5 Å². The fraction of sp³-hybridized carbons (Fsp3) is 0.636. The first kappa shape index (κ1) is 61.7. The van der Waals surface area contributed by atoms with E-state index in [1.807, 2.05) is 27.2 Å². The standard InChI is InChI=1S/C55H92NO8P/c1-6-8-10-12-14-16-18-20-21-22-23-24-25-26-27-28-29-30-31-32-33-34-35-36-38-40-42-44-46-48-55(58)64-53(52-63-65(59,60)62-50-49-56(3,4)5)51-61-54(57)47-45-43-41-39-37-19-17-15-13-11-9-7-2/h8,10,14,16,20-21,23-24,26-27,29-30,32-33,35-36,40,42,53H,6-7,9,11-13,15,17-19,22,25,28,31,34,37-39,41,43-52H2,1-5H3/p+1/b10-8-,16-14-,21-20-,24-23-,27-26-,30-29-,33-32-,36-35-,42-40-. The molecule has 370 valence electrons. The molecule has 0 saturated heterocycles. The van der Waals surface area contributed by atoms with E-state index in [9.17, 15) is 19.0 Å². The van der Waals surface area contributed by atoms with Crippen LogP contribution in [0.15, 0.2) is 109 Å². The minimum absolute atomic E-state index is 0.0157. The van der Waals surface area contributed by atoms with Gasteiger partial charge in [0.1, 0.15) is 19.8 Å². The third-order valence-corrected chi connectivity index (χ3v) is 11.1. The van der Waals surface area contributed by atoms with Gasteiger partial charge >= 0.3 is 19.8 Å². The van der Waals surface area contributed by atoms with Gasteiger partial charge in [0.2, 0.25) is 0 Å². The third-order valence-electron chi connectivity index (χ3n) is 10.1. The van der Waals surface area contributed by atoms with Crippen molar-refractivity contribution in [3.05, 3.63) is 109 Å². The van der Waals surface area contributed by atoms with Crippen molar-refractivity contribution >= 4 is 19.8 Å². The van der Waals surface area contributed by atoms with Crippen LogP contribution in [0.5, 0.6) is 0 Å². The highest BCUT2D eigenvalue weighted by Crippen LogP contribution is 2.43. The summed E-state index contributed by atoms with van der Waals surface area (Å²) in [6.07, 6.45) is 63.0. The first-order chi connectivity index (χ1) is 31.5. The number of phosphoric acid groups is 1. The molecule has 0 heterocycles. The summed E-state index contributed by atoms with van der Waals surface area (Å²) >= 11 is 0. The van der Waals surface area contributed by atoms with Crippen LogP contribution in [-0.2, 0) is 32.7 Å². The molecule has 0 aliphatic rings. The van der Waals surface area contributed by atoms with Crippen LogP contribution in [0, 0.1) is 0 Å². The third kappa shape index (κ3) is 49.9. The van der Waals surface area contributed by atoms with E-state index >= 15 is 0 Å². The summed E-state index contributed by atoms with van der Waals surface area (Å²) in [6.45, 7) is 4.22. The smallest absolute Gasteiger partial charge is 0.462 e. The van der Waals surface area contributed by atoms with Gasteiger partial charge in [0, 0.05) is 12.8 Å². The molecule has 0 aromatic carbocycles. The van der Waals surface area contributed by atoms with Gasteiger partial charge in [-0.05, 0) is 77.0 Å². The maximum atomic E-state index is 12.7. The summed E-state index contributed by atoms with van der Waals surface area (Å²) < 4.78 is 34.3. The lowest BCUT2D eigenvalue weighted by Crippen LogP contribution is -2.37. The van der Waals surface area contributed by atoms with Crippen LogP contribution in [0.2, 0.25) is 0 Å². The zero-order chi connectivity index (χ0) is 47.8. The number of nitrogens with zero attached hydrogens (tertiary/aromatic N) is 1. The zero-order valence-corrected chi connectivity index (χ0v) is 42.6. The number of rotatable bonds is 44. The Bertz CT molecular complexity index is 1470. The number of quaternary nitrogens is 1. The van der Waals surface area contributed by atoms with Crippen LogP contribution in [-0.4, -0.2) is 74.9 Å². The Morgan fingerprint density at radius 2 is 0.877 bits per heavy atom. The quantitative estimate of drug-likeness (QED) is 0.0212. The molecule has 0 aliphatic carbocycles. The van der Waals surface area contributed by atoms with Crippen LogP contribution in [0.4, 0.5) is 0 Å². The number of ether oxygens (including phenoxy) is 2. The molecule has 0 fully saturated rings. The van der Waals surface area contributed by atoms with Gasteiger partial charge in [0.05, 0.1) is 27.7 Å². The molecule has 0 spiro atoms. The number of likely N-dealkylation sites (N-methyl/N-ethyl adjacent to an activating group) is 1. The second-order valence-electron chi connectivity index (χ2n) is 17.5. The maximum Gasteiger partial charge on any atom is 0.472 e. The van der Waals surface area contributed by atoms with Crippen LogP contribution in [0.25, 0.3) is 0 Å². The molecule has 2 atom stereocenters. The number of hydrogen-bond donors (Lipinski definition) is 1. The molecule has 10 heteroatoms. The summed E-state index contributed by atoms with van der Waals surface area (Å²) in [4.78, 5) is 35.4. The second kappa shape index (κ2) is 45.8. The lowest BCUT2D eigenvalue weighted by atomic mass is 10.0. The van der Waals surface area contributed by atoms with Crippen LogP contribution in [0.3, 0.4) is 0 Å². The van der Waals surface area contributed by atoms with Gasteiger partial charge in [0.15, 0.2) is 6.10 Å². The van der Waals surface area contributed by atoms with E-state index in [4.69, 9.17) is 18.5 Å². The molecule has 0 aliphatic heterocycles. The molecule has 9 nitrogen and oxygen atoms in total. The van der Waals surface area contributed by atoms with Gasteiger partial charge in [-0.15, -0.1) is 0 Å². The van der Waals surface area contributed by atoms with Gasteiger partial charge < -0.3 is 18.9 Å². The highest BCUT2D eigenvalue weighted by atomic mass is 31.2. The van der Waals surface area contributed by atoms with Crippen molar-refractivity contribution in [1.82, 2.24) is 0 Å². The molecule has 1 N–H and O–H groups in total. The molecule has 0 rings (SSSR count). The fourth-order valence-corrected chi connectivity index (χ4v) is 6.93. The Labute approximate surface area is 397 Å². The predicted molar refractivity (Wildman–Crippen MR) is 275 cm³/mol. The van der Waals surface area contributed by atoms with Crippen molar-refractivity contribution in [3.63, 3.8) is 0 Å². The van der Waals surface area contributed by atoms with Crippen molar-refractivity contribution in [3.8, 4) is 0 Å². The number of unbranched alkanes of at least 4 members (excludes halogenated alkanes) is 12. The number of carbonyl (C=O) groups excluding carboxylic acids is 2. The maximum absolute atomic E-state index is 12.7. The predicted octanol–water partition coefficient (Wildman–Crippen LogP) is 15.1. The van der Waals surface area contributed by atoms with Gasteiger partial charge in [0.25, 0.3) is 0 Å². The molecular formula is C55H93NO8P+. The van der Waals surface area contributed by atoms with Crippen molar-refractivity contribution in [1.29, 1.82) is 0 Å². The molecule has 0 saturated carbocycles. The van der Waals surface area contributed by atoms with E-state index in [0.29, 0.717) is 23.9 Å². The van der Waals surface area contributed by atoms with Crippen LogP contribution >= 0.6 is 7.82 Å². The summed E-state index contributed by atoms with van der Waals surface area (Å²) in [6, 6.07) is 0. The monoisotopic (exact) mass is 927 g/mol. The molecule has 0 aromatic heterocycles. The number of phosphoric ester groups is 1. The largest absolute Gasteiger partial charge is 0.472 e. The summed E-state index contributed by atoms with van der Waals surface area (Å²) in [5, 5.41) is 0. The average molecular weight is 927 g/mol.